The Bertz CT molecular complexity index is 463. The maximum Gasteiger partial charge on any atom is 0.409 e. The van der Waals surface area contributed by atoms with Gasteiger partial charge in [0, 0.05) is 24.4 Å². The standard InChI is InChI=1S/C11H13N3O4/c12-11(16)18-9-1-2-13-7(4-9)3-8-5-17-6-10(15)14-8/h1-2,4,8H,3,5-6H2,(H2,12,16)(H,14,15). The Balaban J connectivity index is 2.00. The number of pyridine rings is 1. The van der Waals surface area contributed by atoms with Gasteiger partial charge in [0.1, 0.15) is 12.4 Å². The first-order valence-corrected chi connectivity index (χ1v) is 5.43. The number of carbonyl (C=O) groups excluding carboxylic acids is 2. The molecular weight excluding hydrogens is 238 g/mol. The number of nitrogens with zero attached hydrogens (tertiary/aromatic N) is 1. The van der Waals surface area contributed by atoms with Crippen LogP contribution in [0, 0.1) is 0 Å². The molecule has 0 bridgehead atoms. The lowest BCUT2D eigenvalue weighted by molar-refractivity contribution is -0.131. The lowest BCUT2D eigenvalue weighted by atomic mass is 10.1. The number of aromatic nitrogens is 1. The minimum Gasteiger partial charge on any atom is -0.410 e. The van der Waals surface area contributed by atoms with Gasteiger partial charge in [-0.25, -0.2) is 4.79 Å². The second-order valence-corrected chi connectivity index (χ2v) is 3.89. The molecule has 1 unspecified atom stereocenters. The van der Waals surface area contributed by atoms with E-state index in [0.29, 0.717) is 24.5 Å². The fraction of sp³-hybridized carbons (Fsp3) is 0.364. The third kappa shape index (κ3) is 3.42. The van der Waals surface area contributed by atoms with Crippen LogP contribution in [0.15, 0.2) is 18.3 Å². The fourth-order valence-electron chi connectivity index (χ4n) is 1.71. The van der Waals surface area contributed by atoms with Crippen LogP contribution in [-0.2, 0) is 16.0 Å². The van der Waals surface area contributed by atoms with Gasteiger partial charge >= 0.3 is 6.09 Å². The molecule has 1 saturated heterocycles. The van der Waals surface area contributed by atoms with E-state index in [1.165, 1.54) is 12.3 Å². The number of amides is 2. The van der Waals surface area contributed by atoms with Crippen LogP contribution < -0.4 is 15.8 Å². The summed E-state index contributed by atoms with van der Waals surface area (Å²) in [6.07, 6.45) is 1.14. The lowest BCUT2D eigenvalue weighted by Gasteiger charge is -2.23. The van der Waals surface area contributed by atoms with E-state index in [1.807, 2.05) is 0 Å². The molecule has 0 radical (unpaired) electrons. The molecule has 7 heteroatoms. The summed E-state index contributed by atoms with van der Waals surface area (Å²) in [5, 5.41) is 2.79. The van der Waals surface area contributed by atoms with Gasteiger partial charge in [0.25, 0.3) is 0 Å². The molecule has 1 aliphatic rings. The van der Waals surface area contributed by atoms with Crippen LogP contribution in [0.2, 0.25) is 0 Å². The molecule has 2 amide bonds. The van der Waals surface area contributed by atoms with Crippen molar-refractivity contribution in [1.82, 2.24) is 10.3 Å². The highest BCUT2D eigenvalue weighted by Gasteiger charge is 2.19. The third-order valence-corrected chi connectivity index (χ3v) is 2.38. The van der Waals surface area contributed by atoms with Gasteiger partial charge in [0.2, 0.25) is 5.91 Å². The molecule has 0 aromatic carbocycles. The predicted molar refractivity (Wildman–Crippen MR) is 60.9 cm³/mol. The van der Waals surface area contributed by atoms with Crippen molar-refractivity contribution in [3.8, 4) is 5.75 Å². The number of hydrogen-bond acceptors (Lipinski definition) is 5. The van der Waals surface area contributed by atoms with Crippen molar-refractivity contribution in [1.29, 1.82) is 0 Å². The number of carbonyl (C=O) groups is 2. The van der Waals surface area contributed by atoms with Crippen molar-refractivity contribution in [2.45, 2.75) is 12.5 Å². The first kappa shape index (κ1) is 12.3. The third-order valence-electron chi connectivity index (χ3n) is 2.38. The topological polar surface area (TPSA) is 104 Å². The maximum absolute atomic E-state index is 11.1. The number of ether oxygens (including phenoxy) is 2. The summed E-state index contributed by atoms with van der Waals surface area (Å²) in [5.74, 6) is 0.186. The van der Waals surface area contributed by atoms with Gasteiger partial charge in [-0.15, -0.1) is 0 Å². The first-order valence-electron chi connectivity index (χ1n) is 5.43. The molecule has 1 aromatic heterocycles. The largest absolute Gasteiger partial charge is 0.410 e. The van der Waals surface area contributed by atoms with Crippen molar-refractivity contribution in [2.75, 3.05) is 13.2 Å². The Morgan fingerprint density at radius 2 is 2.50 bits per heavy atom. The van der Waals surface area contributed by atoms with Crippen molar-refractivity contribution < 1.29 is 19.1 Å². The molecule has 7 nitrogen and oxygen atoms in total. The van der Waals surface area contributed by atoms with Crippen LogP contribution >= 0.6 is 0 Å². The highest BCUT2D eigenvalue weighted by atomic mass is 16.5. The minimum atomic E-state index is -0.874. The average Bonchev–Trinajstić information content (AvgIpc) is 2.28. The quantitative estimate of drug-likeness (QED) is 0.760. The second kappa shape index (κ2) is 5.46. The summed E-state index contributed by atoms with van der Waals surface area (Å²) in [4.78, 5) is 25.9. The molecule has 18 heavy (non-hydrogen) atoms. The van der Waals surface area contributed by atoms with Crippen molar-refractivity contribution in [2.24, 2.45) is 5.73 Å². The zero-order chi connectivity index (χ0) is 13.0. The van der Waals surface area contributed by atoms with Gasteiger partial charge in [-0.1, -0.05) is 0 Å². The van der Waals surface area contributed by atoms with E-state index in [4.69, 9.17) is 15.2 Å². The van der Waals surface area contributed by atoms with E-state index in [-0.39, 0.29) is 18.6 Å². The van der Waals surface area contributed by atoms with Crippen molar-refractivity contribution in [3.05, 3.63) is 24.0 Å². The molecule has 2 heterocycles. The number of morpholine rings is 1. The van der Waals surface area contributed by atoms with Gasteiger partial charge < -0.3 is 20.5 Å². The van der Waals surface area contributed by atoms with E-state index < -0.39 is 6.09 Å². The molecule has 1 aromatic rings. The maximum atomic E-state index is 11.1. The van der Waals surface area contributed by atoms with Crippen LogP contribution in [0.1, 0.15) is 5.69 Å². The van der Waals surface area contributed by atoms with E-state index >= 15 is 0 Å². The molecule has 1 fully saturated rings. The smallest absolute Gasteiger partial charge is 0.409 e. The van der Waals surface area contributed by atoms with Crippen LogP contribution in [0.3, 0.4) is 0 Å². The summed E-state index contributed by atoms with van der Waals surface area (Å²) < 4.78 is 9.86. The summed E-state index contributed by atoms with van der Waals surface area (Å²) in [7, 11) is 0. The Kier molecular flexibility index (Phi) is 3.73. The van der Waals surface area contributed by atoms with Crippen LogP contribution in [0.4, 0.5) is 4.79 Å². The van der Waals surface area contributed by atoms with E-state index in [0.717, 1.165) is 0 Å². The molecule has 1 atom stereocenters. The zero-order valence-corrected chi connectivity index (χ0v) is 9.59. The van der Waals surface area contributed by atoms with Gasteiger partial charge in [-0.2, -0.15) is 0 Å². The van der Waals surface area contributed by atoms with Crippen LogP contribution in [0.5, 0.6) is 5.75 Å². The number of primary amides is 1. The number of nitrogens with one attached hydrogen (secondary N) is 1. The van der Waals surface area contributed by atoms with E-state index in [2.05, 4.69) is 10.3 Å². The Labute approximate surface area is 103 Å². The number of rotatable bonds is 3. The minimum absolute atomic E-state index is 0.0920. The van der Waals surface area contributed by atoms with Crippen LogP contribution in [0.25, 0.3) is 0 Å². The Morgan fingerprint density at radius 1 is 1.67 bits per heavy atom. The zero-order valence-electron chi connectivity index (χ0n) is 9.59. The molecule has 3 N–H and O–H groups in total. The summed E-state index contributed by atoms with van der Waals surface area (Å²) in [6.45, 7) is 0.531. The van der Waals surface area contributed by atoms with Gasteiger partial charge in [0.15, 0.2) is 0 Å². The normalized spacial score (nSPS) is 19.1. The summed E-state index contributed by atoms with van der Waals surface area (Å²) >= 11 is 0. The monoisotopic (exact) mass is 251 g/mol. The highest BCUT2D eigenvalue weighted by molar-refractivity contribution is 5.78. The second-order valence-electron chi connectivity index (χ2n) is 3.89. The summed E-state index contributed by atoms with van der Waals surface area (Å²) in [6, 6.07) is 3.01. The van der Waals surface area contributed by atoms with Crippen molar-refractivity contribution in [3.63, 3.8) is 0 Å². The molecule has 0 spiro atoms. The molecular formula is C11H13N3O4. The van der Waals surface area contributed by atoms with Gasteiger partial charge in [-0.05, 0) is 6.07 Å². The van der Waals surface area contributed by atoms with Crippen LogP contribution in [-0.4, -0.2) is 36.2 Å². The number of nitrogens with two attached hydrogens (primary N) is 1. The fourth-order valence-corrected chi connectivity index (χ4v) is 1.71. The van der Waals surface area contributed by atoms with E-state index in [9.17, 15) is 9.59 Å². The van der Waals surface area contributed by atoms with Crippen molar-refractivity contribution >= 4 is 12.0 Å². The highest BCUT2D eigenvalue weighted by Crippen LogP contribution is 2.13. The molecule has 96 valence electrons. The van der Waals surface area contributed by atoms with E-state index in [1.54, 1.807) is 6.07 Å². The Morgan fingerprint density at radius 3 is 3.22 bits per heavy atom. The van der Waals surface area contributed by atoms with Gasteiger partial charge in [0.05, 0.1) is 12.6 Å². The SMILES string of the molecule is NC(=O)Oc1ccnc(CC2COCC(=O)N2)c1. The molecule has 2 rings (SSSR count). The molecule has 0 saturated carbocycles. The lowest BCUT2D eigenvalue weighted by Crippen LogP contribution is -2.46. The molecule has 1 aliphatic heterocycles. The summed E-state index contributed by atoms with van der Waals surface area (Å²) in [5.41, 5.74) is 5.60. The Hall–Kier alpha value is -2.15. The molecule has 0 aliphatic carbocycles. The number of hydrogen-bond donors (Lipinski definition) is 2. The first-order chi connectivity index (χ1) is 8.63. The van der Waals surface area contributed by atoms with Gasteiger partial charge in [-0.3, -0.25) is 9.78 Å². The average molecular weight is 251 g/mol. The predicted octanol–water partition coefficient (Wildman–Crippen LogP) is -0.403.